The van der Waals surface area contributed by atoms with Crippen molar-refractivity contribution in [2.75, 3.05) is 0 Å². The fraction of sp³-hybridized carbons (Fsp3) is 0.364. The summed E-state index contributed by atoms with van der Waals surface area (Å²) in [4.78, 5) is 10.8. The summed E-state index contributed by atoms with van der Waals surface area (Å²) < 4.78 is 0. The van der Waals surface area contributed by atoms with E-state index >= 15 is 0 Å². The number of carbonyl (C=O) groups is 1. The first kappa shape index (κ1) is 10.6. The lowest BCUT2D eigenvalue weighted by Gasteiger charge is -2.11. The highest BCUT2D eigenvalue weighted by Gasteiger charge is 2.16. The van der Waals surface area contributed by atoms with Crippen molar-refractivity contribution in [3.8, 4) is 5.75 Å². The Morgan fingerprint density at radius 3 is 2.64 bits per heavy atom. The summed E-state index contributed by atoms with van der Waals surface area (Å²) in [5.41, 5.74) is 1.66. The van der Waals surface area contributed by atoms with E-state index in [9.17, 15) is 9.90 Å². The van der Waals surface area contributed by atoms with Crippen molar-refractivity contribution in [2.45, 2.75) is 26.2 Å². The highest BCUT2D eigenvalue weighted by molar-refractivity contribution is 5.76. The molecule has 1 aromatic carbocycles. The lowest BCUT2D eigenvalue weighted by molar-refractivity contribution is -0.138. The molecule has 2 N–H and O–H groups in total. The number of hydrogen-bond donors (Lipinski definition) is 2. The third kappa shape index (κ3) is 2.05. The molecule has 0 amide bonds. The van der Waals surface area contributed by atoms with Gasteiger partial charge in [0.25, 0.3) is 0 Å². The molecule has 76 valence electrons. The van der Waals surface area contributed by atoms with Crippen molar-refractivity contribution in [1.29, 1.82) is 0 Å². The first-order valence-corrected chi connectivity index (χ1v) is 4.60. The Kier molecular flexibility index (Phi) is 3.12. The normalized spacial score (nSPS) is 12.4. The van der Waals surface area contributed by atoms with E-state index in [1.165, 1.54) is 6.07 Å². The van der Waals surface area contributed by atoms with E-state index in [1.54, 1.807) is 19.1 Å². The zero-order valence-electron chi connectivity index (χ0n) is 8.32. The maximum absolute atomic E-state index is 10.8. The van der Waals surface area contributed by atoms with Gasteiger partial charge in [0.2, 0.25) is 0 Å². The Labute approximate surface area is 83.0 Å². The van der Waals surface area contributed by atoms with Gasteiger partial charge >= 0.3 is 5.97 Å². The van der Waals surface area contributed by atoms with Crippen LogP contribution in [0.25, 0.3) is 0 Å². The van der Waals surface area contributed by atoms with Crippen LogP contribution >= 0.6 is 0 Å². The molecule has 0 radical (unpaired) electrons. The van der Waals surface area contributed by atoms with Gasteiger partial charge in [0.15, 0.2) is 0 Å². The van der Waals surface area contributed by atoms with Crippen molar-refractivity contribution < 1.29 is 15.0 Å². The number of aliphatic carboxylic acids is 1. The monoisotopic (exact) mass is 194 g/mol. The van der Waals surface area contributed by atoms with Gasteiger partial charge in [-0.3, -0.25) is 4.79 Å². The smallest absolute Gasteiger partial charge is 0.310 e. The molecule has 0 aliphatic rings. The Hall–Kier alpha value is -1.51. The molecule has 0 saturated heterocycles. The van der Waals surface area contributed by atoms with E-state index in [0.29, 0.717) is 0 Å². The number of carboxylic acids is 1. The van der Waals surface area contributed by atoms with Crippen LogP contribution in [0.2, 0.25) is 0 Å². The lowest BCUT2D eigenvalue weighted by Crippen LogP contribution is -2.09. The minimum atomic E-state index is -0.842. The van der Waals surface area contributed by atoms with E-state index in [0.717, 1.165) is 17.5 Å². The molecule has 0 bridgehead atoms. The van der Waals surface area contributed by atoms with Crippen LogP contribution in [-0.2, 0) is 11.2 Å². The predicted molar refractivity (Wildman–Crippen MR) is 53.5 cm³/mol. The van der Waals surface area contributed by atoms with Gasteiger partial charge in [-0.1, -0.05) is 13.0 Å². The van der Waals surface area contributed by atoms with Crippen molar-refractivity contribution in [2.24, 2.45) is 0 Å². The summed E-state index contributed by atoms with van der Waals surface area (Å²) in [7, 11) is 0. The molecule has 0 heterocycles. The van der Waals surface area contributed by atoms with Gasteiger partial charge in [0, 0.05) is 0 Å². The van der Waals surface area contributed by atoms with E-state index in [2.05, 4.69) is 0 Å². The minimum absolute atomic E-state index is 0.184. The van der Waals surface area contributed by atoms with Crippen LogP contribution in [0.4, 0.5) is 0 Å². The average molecular weight is 194 g/mol. The second-order valence-electron chi connectivity index (χ2n) is 3.30. The van der Waals surface area contributed by atoms with Crippen LogP contribution < -0.4 is 0 Å². The lowest BCUT2D eigenvalue weighted by atomic mass is 9.94. The van der Waals surface area contributed by atoms with Gasteiger partial charge in [-0.05, 0) is 36.6 Å². The van der Waals surface area contributed by atoms with Crippen molar-refractivity contribution >= 4 is 5.97 Å². The number of carboxylic acid groups (broad SMARTS) is 1. The van der Waals surface area contributed by atoms with Crippen LogP contribution in [0, 0.1) is 0 Å². The molecular weight excluding hydrogens is 180 g/mol. The quantitative estimate of drug-likeness (QED) is 0.775. The second kappa shape index (κ2) is 4.13. The molecule has 0 spiro atoms. The molecule has 1 unspecified atom stereocenters. The number of benzene rings is 1. The van der Waals surface area contributed by atoms with Gasteiger partial charge in [0.1, 0.15) is 5.75 Å². The third-order valence-corrected chi connectivity index (χ3v) is 2.34. The maximum atomic E-state index is 10.8. The highest BCUT2D eigenvalue weighted by atomic mass is 16.4. The SMILES string of the molecule is CCc1cc(O)ccc1C(C)C(=O)O. The van der Waals surface area contributed by atoms with Gasteiger partial charge in [0.05, 0.1) is 5.92 Å². The molecule has 3 heteroatoms. The Morgan fingerprint density at radius 1 is 1.50 bits per heavy atom. The van der Waals surface area contributed by atoms with Gasteiger partial charge in [-0.2, -0.15) is 0 Å². The van der Waals surface area contributed by atoms with Crippen molar-refractivity contribution in [3.63, 3.8) is 0 Å². The molecule has 0 aromatic heterocycles. The van der Waals surface area contributed by atoms with E-state index in [1.807, 2.05) is 6.92 Å². The molecule has 0 aliphatic heterocycles. The average Bonchev–Trinajstić information content (AvgIpc) is 2.16. The Balaban J connectivity index is 3.13. The Bertz CT molecular complexity index is 344. The summed E-state index contributed by atoms with van der Waals surface area (Å²) in [6, 6.07) is 4.82. The highest BCUT2D eigenvalue weighted by Crippen LogP contribution is 2.24. The molecule has 0 fully saturated rings. The van der Waals surface area contributed by atoms with E-state index in [-0.39, 0.29) is 5.75 Å². The van der Waals surface area contributed by atoms with Crippen LogP contribution in [0.3, 0.4) is 0 Å². The summed E-state index contributed by atoms with van der Waals surface area (Å²) in [5, 5.41) is 18.1. The zero-order valence-corrected chi connectivity index (χ0v) is 8.32. The van der Waals surface area contributed by atoms with E-state index < -0.39 is 11.9 Å². The van der Waals surface area contributed by atoms with Crippen LogP contribution in [-0.4, -0.2) is 16.2 Å². The molecule has 1 aromatic rings. The van der Waals surface area contributed by atoms with Crippen molar-refractivity contribution in [3.05, 3.63) is 29.3 Å². The summed E-state index contributed by atoms with van der Waals surface area (Å²) >= 11 is 0. The van der Waals surface area contributed by atoms with Crippen molar-refractivity contribution in [1.82, 2.24) is 0 Å². The number of phenols is 1. The Morgan fingerprint density at radius 2 is 2.14 bits per heavy atom. The molecule has 0 aliphatic carbocycles. The first-order chi connectivity index (χ1) is 6.56. The number of phenolic OH excluding ortho intramolecular Hbond substituents is 1. The molecule has 0 saturated carbocycles. The largest absolute Gasteiger partial charge is 0.508 e. The number of hydrogen-bond acceptors (Lipinski definition) is 2. The van der Waals surface area contributed by atoms with Gasteiger partial charge in [-0.15, -0.1) is 0 Å². The first-order valence-electron chi connectivity index (χ1n) is 4.60. The topological polar surface area (TPSA) is 57.5 Å². The number of rotatable bonds is 3. The standard InChI is InChI=1S/C11H14O3/c1-3-8-6-9(12)4-5-10(8)7(2)11(13)14/h4-7,12H,3H2,1-2H3,(H,13,14). The third-order valence-electron chi connectivity index (χ3n) is 2.34. The maximum Gasteiger partial charge on any atom is 0.310 e. The summed E-state index contributed by atoms with van der Waals surface area (Å²) in [5.74, 6) is -1.18. The van der Waals surface area contributed by atoms with Crippen LogP contribution in [0.15, 0.2) is 18.2 Å². The van der Waals surface area contributed by atoms with Crippen LogP contribution in [0.5, 0.6) is 5.75 Å². The fourth-order valence-electron chi connectivity index (χ4n) is 1.45. The molecular formula is C11H14O3. The summed E-state index contributed by atoms with van der Waals surface area (Å²) in [6.45, 7) is 3.58. The van der Waals surface area contributed by atoms with E-state index in [4.69, 9.17) is 5.11 Å². The fourth-order valence-corrected chi connectivity index (χ4v) is 1.45. The molecule has 1 rings (SSSR count). The predicted octanol–water partition coefficient (Wildman–Crippen LogP) is 2.14. The van der Waals surface area contributed by atoms with Crippen LogP contribution in [0.1, 0.15) is 30.9 Å². The molecule has 14 heavy (non-hydrogen) atoms. The number of aromatic hydroxyl groups is 1. The summed E-state index contributed by atoms with van der Waals surface area (Å²) in [6.07, 6.45) is 0.724. The molecule has 1 atom stereocenters. The second-order valence-corrected chi connectivity index (χ2v) is 3.30. The van der Waals surface area contributed by atoms with Gasteiger partial charge in [-0.25, -0.2) is 0 Å². The zero-order chi connectivity index (χ0) is 10.7. The number of aryl methyl sites for hydroxylation is 1. The molecule has 3 nitrogen and oxygen atoms in total. The van der Waals surface area contributed by atoms with Gasteiger partial charge < -0.3 is 10.2 Å². The minimum Gasteiger partial charge on any atom is -0.508 e.